The predicted molar refractivity (Wildman–Crippen MR) is 57.4 cm³/mol. The SMILES string of the molecule is CCC(=O)C=Cc1ccc(O)c(Cl)c1. The first-order valence-corrected chi connectivity index (χ1v) is 4.70. The van der Waals surface area contributed by atoms with Gasteiger partial charge in [0, 0.05) is 6.42 Å². The van der Waals surface area contributed by atoms with Crippen molar-refractivity contribution in [1.29, 1.82) is 0 Å². The Morgan fingerprint density at radius 2 is 2.29 bits per heavy atom. The van der Waals surface area contributed by atoms with E-state index in [1.54, 1.807) is 25.1 Å². The summed E-state index contributed by atoms with van der Waals surface area (Å²) in [7, 11) is 0. The maximum Gasteiger partial charge on any atom is 0.155 e. The lowest BCUT2D eigenvalue weighted by Crippen LogP contribution is -1.86. The van der Waals surface area contributed by atoms with Crippen molar-refractivity contribution in [3.8, 4) is 5.75 Å². The number of carbonyl (C=O) groups is 1. The van der Waals surface area contributed by atoms with Crippen LogP contribution < -0.4 is 0 Å². The fourth-order valence-corrected chi connectivity index (χ4v) is 1.12. The predicted octanol–water partition coefficient (Wildman–Crippen LogP) is 3.04. The van der Waals surface area contributed by atoms with Crippen molar-refractivity contribution >= 4 is 23.5 Å². The van der Waals surface area contributed by atoms with Gasteiger partial charge in [0.05, 0.1) is 5.02 Å². The van der Waals surface area contributed by atoms with Crippen molar-refractivity contribution in [2.75, 3.05) is 0 Å². The minimum absolute atomic E-state index is 0.0469. The molecule has 1 aromatic rings. The Bertz CT molecular complexity index is 370. The molecule has 0 heterocycles. The fourth-order valence-electron chi connectivity index (χ4n) is 0.934. The summed E-state index contributed by atoms with van der Waals surface area (Å²) in [6.45, 7) is 1.80. The van der Waals surface area contributed by atoms with Crippen molar-refractivity contribution in [3.63, 3.8) is 0 Å². The normalized spacial score (nSPS) is 10.7. The van der Waals surface area contributed by atoms with Crippen LogP contribution in [0.25, 0.3) is 6.08 Å². The molecule has 0 amide bonds. The smallest absolute Gasteiger partial charge is 0.155 e. The highest BCUT2D eigenvalue weighted by atomic mass is 35.5. The van der Waals surface area contributed by atoms with E-state index in [4.69, 9.17) is 16.7 Å². The van der Waals surface area contributed by atoms with Gasteiger partial charge in [-0.05, 0) is 23.8 Å². The van der Waals surface area contributed by atoms with E-state index in [9.17, 15) is 4.79 Å². The number of phenols is 1. The van der Waals surface area contributed by atoms with Gasteiger partial charge >= 0.3 is 0 Å². The number of halogens is 1. The number of phenolic OH excluding ortho intramolecular Hbond substituents is 1. The molecule has 0 aliphatic rings. The summed E-state index contributed by atoms with van der Waals surface area (Å²) in [6.07, 6.45) is 3.67. The summed E-state index contributed by atoms with van der Waals surface area (Å²) in [5.41, 5.74) is 0.801. The zero-order valence-corrected chi connectivity index (χ0v) is 8.58. The first-order chi connectivity index (χ1) is 6.63. The summed E-state index contributed by atoms with van der Waals surface area (Å²) in [5, 5.41) is 9.43. The molecule has 2 nitrogen and oxygen atoms in total. The van der Waals surface area contributed by atoms with Crippen LogP contribution in [0.3, 0.4) is 0 Å². The molecule has 14 heavy (non-hydrogen) atoms. The molecule has 0 radical (unpaired) electrons. The van der Waals surface area contributed by atoms with Gasteiger partial charge in [0.15, 0.2) is 5.78 Å². The molecule has 3 heteroatoms. The van der Waals surface area contributed by atoms with Crippen LogP contribution in [0, 0.1) is 0 Å². The second kappa shape index (κ2) is 4.82. The molecule has 0 bridgehead atoms. The molecule has 0 saturated heterocycles. The van der Waals surface area contributed by atoms with Crippen LogP contribution in [-0.4, -0.2) is 10.9 Å². The van der Waals surface area contributed by atoms with Crippen LogP contribution in [0.4, 0.5) is 0 Å². The minimum atomic E-state index is 0.0469. The Balaban J connectivity index is 2.83. The molecule has 0 atom stereocenters. The quantitative estimate of drug-likeness (QED) is 0.779. The molecule has 0 unspecified atom stereocenters. The summed E-state index contributed by atoms with van der Waals surface area (Å²) in [4.78, 5) is 11.0. The van der Waals surface area contributed by atoms with Crippen molar-refractivity contribution < 1.29 is 9.90 Å². The van der Waals surface area contributed by atoms with Crippen LogP contribution in [0.5, 0.6) is 5.75 Å². The van der Waals surface area contributed by atoms with Gasteiger partial charge in [-0.15, -0.1) is 0 Å². The Kier molecular flexibility index (Phi) is 3.72. The summed E-state index contributed by atoms with van der Waals surface area (Å²) in [5.74, 6) is 0.111. The molecule has 0 fully saturated rings. The summed E-state index contributed by atoms with van der Waals surface area (Å²) < 4.78 is 0. The van der Waals surface area contributed by atoms with Crippen LogP contribution >= 0.6 is 11.6 Å². The zero-order valence-electron chi connectivity index (χ0n) is 7.83. The third-order valence-corrected chi connectivity index (χ3v) is 2.08. The monoisotopic (exact) mass is 210 g/mol. The molecule has 0 aromatic heterocycles. The zero-order chi connectivity index (χ0) is 10.6. The van der Waals surface area contributed by atoms with E-state index in [0.717, 1.165) is 5.56 Å². The number of hydrogen-bond acceptors (Lipinski definition) is 2. The van der Waals surface area contributed by atoms with Gasteiger partial charge in [0.1, 0.15) is 5.75 Å². The first-order valence-electron chi connectivity index (χ1n) is 4.33. The largest absolute Gasteiger partial charge is 0.506 e. The maximum atomic E-state index is 11.0. The third kappa shape index (κ3) is 2.89. The average molecular weight is 211 g/mol. The van der Waals surface area contributed by atoms with E-state index in [1.165, 1.54) is 12.1 Å². The van der Waals surface area contributed by atoms with Gasteiger partial charge in [-0.2, -0.15) is 0 Å². The molecule has 0 saturated carbocycles. The molecular formula is C11H11ClO2. The average Bonchev–Trinajstić information content (AvgIpc) is 2.19. The number of hydrogen-bond donors (Lipinski definition) is 1. The Hall–Kier alpha value is -1.28. The number of allylic oxidation sites excluding steroid dienone is 1. The summed E-state index contributed by atoms with van der Waals surface area (Å²) in [6, 6.07) is 4.80. The molecule has 1 N–H and O–H groups in total. The van der Waals surface area contributed by atoms with Gasteiger partial charge in [0.25, 0.3) is 0 Å². The Morgan fingerprint density at radius 1 is 1.57 bits per heavy atom. The Morgan fingerprint density at radius 3 is 2.86 bits per heavy atom. The Labute approximate surface area is 87.8 Å². The second-order valence-corrected chi connectivity index (χ2v) is 3.27. The topological polar surface area (TPSA) is 37.3 Å². The number of benzene rings is 1. The highest BCUT2D eigenvalue weighted by Crippen LogP contribution is 2.24. The molecule has 74 valence electrons. The third-order valence-electron chi connectivity index (χ3n) is 1.78. The van der Waals surface area contributed by atoms with Crippen LogP contribution in [0.1, 0.15) is 18.9 Å². The van der Waals surface area contributed by atoms with Gasteiger partial charge in [-0.3, -0.25) is 4.79 Å². The second-order valence-electron chi connectivity index (χ2n) is 2.86. The highest BCUT2D eigenvalue weighted by molar-refractivity contribution is 6.32. The van der Waals surface area contributed by atoms with Gasteiger partial charge in [0.2, 0.25) is 0 Å². The lowest BCUT2D eigenvalue weighted by molar-refractivity contribution is -0.114. The van der Waals surface area contributed by atoms with Crippen LogP contribution in [0.2, 0.25) is 5.02 Å². The van der Waals surface area contributed by atoms with Gasteiger partial charge in [-0.25, -0.2) is 0 Å². The van der Waals surface area contributed by atoms with Crippen molar-refractivity contribution in [2.24, 2.45) is 0 Å². The van der Waals surface area contributed by atoms with Crippen LogP contribution in [0.15, 0.2) is 24.3 Å². The van der Waals surface area contributed by atoms with E-state index in [-0.39, 0.29) is 16.6 Å². The molecule has 1 aromatic carbocycles. The van der Waals surface area contributed by atoms with E-state index in [0.29, 0.717) is 6.42 Å². The van der Waals surface area contributed by atoms with E-state index < -0.39 is 0 Å². The van der Waals surface area contributed by atoms with Crippen molar-refractivity contribution in [1.82, 2.24) is 0 Å². The van der Waals surface area contributed by atoms with Crippen LogP contribution in [-0.2, 0) is 4.79 Å². The number of aromatic hydroxyl groups is 1. The standard InChI is InChI=1S/C11H11ClO2/c1-2-9(13)5-3-8-4-6-11(14)10(12)7-8/h3-7,14H,2H2,1H3. The molecule has 0 aliphatic carbocycles. The molecule has 1 rings (SSSR count). The van der Waals surface area contributed by atoms with E-state index in [1.807, 2.05) is 0 Å². The minimum Gasteiger partial charge on any atom is -0.506 e. The maximum absolute atomic E-state index is 11.0. The first kappa shape index (κ1) is 10.8. The number of rotatable bonds is 3. The van der Waals surface area contributed by atoms with Crippen molar-refractivity contribution in [3.05, 3.63) is 34.9 Å². The highest BCUT2D eigenvalue weighted by Gasteiger charge is 1.97. The van der Waals surface area contributed by atoms with E-state index >= 15 is 0 Å². The van der Waals surface area contributed by atoms with Gasteiger partial charge < -0.3 is 5.11 Å². The number of carbonyl (C=O) groups excluding carboxylic acids is 1. The molecular weight excluding hydrogens is 200 g/mol. The van der Waals surface area contributed by atoms with Crippen molar-refractivity contribution in [2.45, 2.75) is 13.3 Å². The van der Waals surface area contributed by atoms with Gasteiger partial charge in [-0.1, -0.05) is 30.7 Å². The molecule has 0 aliphatic heterocycles. The lowest BCUT2D eigenvalue weighted by atomic mass is 10.2. The summed E-state index contributed by atoms with van der Waals surface area (Å²) >= 11 is 5.69. The van der Waals surface area contributed by atoms with E-state index in [2.05, 4.69) is 0 Å². The molecule has 0 spiro atoms. The lowest BCUT2D eigenvalue weighted by Gasteiger charge is -1.97. The fraction of sp³-hybridized carbons (Fsp3) is 0.182. The number of ketones is 1.